The van der Waals surface area contributed by atoms with Crippen LogP contribution in [0.25, 0.3) is 0 Å². The minimum Gasteiger partial charge on any atom is -0.481 e. The first-order valence-electron chi connectivity index (χ1n) is 7.03. The summed E-state index contributed by atoms with van der Waals surface area (Å²) in [6.45, 7) is 4.58. The van der Waals surface area contributed by atoms with Crippen LogP contribution in [0.2, 0.25) is 0 Å². The third kappa shape index (κ3) is 1.78. The fourth-order valence-electron chi connectivity index (χ4n) is 3.82. The number of carbonyl (C=O) groups is 2. The quantitative estimate of drug-likeness (QED) is 0.818. The maximum absolute atomic E-state index is 12.7. The van der Waals surface area contributed by atoms with Crippen molar-refractivity contribution in [3.63, 3.8) is 0 Å². The summed E-state index contributed by atoms with van der Waals surface area (Å²) in [5.74, 6) is -0.721. The summed E-state index contributed by atoms with van der Waals surface area (Å²) in [5.41, 5.74) is -1.23. The Labute approximate surface area is 112 Å². The van der Waals surface area contributed by atoms with Gasteiger partial charge in [-0.2, -0.15) is 0 Å². The summed E-state index contributed by atoms with van der Waals surface area (Å²) < 4.78 is 5.80. The number of ether oxygens (including phenoxy) is 1. The number of aliphatic carboxylic acids is 1. The second-order valence-electron chi connectivity index (χ2n) is 6.79. The van der Waals surface area contributed by atoms with Crippen molar-refractivity contribution in [2.75, 3.05) is 13.1 Å². The fraction of sp³-hybridized carbons (Fsp3) is 0.857. The maximum Gasteiger partial charge on any atom is 0.311 e. The molecule has 0 saturated carbocycles. The molecule has 5 heteroatoms. The van der Waals surface area contributed by atoms with E-state index < -0.39 is 16.8 Å². The molecule has 3 rings (SSSR count). The van der Waals surface area contributed by atoms with Crippen LogP contribution in [0.4, 0.5) is 0 Å². The third-order valence-electron chi connectivity index (χ3n) is 5.24. The van der Waals surface area contributed by atoms with E-state index in [1.165, 1.54) is 0 Å². The van der Waals surface area contributed by atoms with Gasteiger partial charge in [-0.3, -0.25) is 9.59 Å². The number of amides is 1. The minimum absolute atomic E-state index is 0.0293. The minimum atomic E-state index is -0.808. The zero-order valence-electron chi connectivity index (χ0n) is 11.5. The fourth-order valence-corrected chi connectivity index (χ4v) is 3.82. The number of hydrogen-bond donors (Lipinski definition) is 1. The van der Waals surface area contributed by atoms with Crippen molar-refractivity contribution in [3.8, 4) is 0 Å². The van der Waals surface area contributed by atoms with Crippen LogP contribution >= 0.6 is 0 Å². The van der Waals surface area contributed by atoms with E-state index >= 15 is 0 Å². The lowest BCUT2D eigenvalue weighted by Gasteiger charge is -2.34. The van der Waals surface area contributed by atoms with Gasteiger partial charge in [0, 0.05) is 13.1 Å². The Bertz CT molecular complexity index is 437. The summed E-state index contributed by atoms with van der Waals surface area (Å²) in [4.78, 5) is 25.7. The lowest BCUT2D eigenvalue weighted by molar-refractivity contribution is -0.148. The third-order valence-corrected chi connectivity index (χ3v) is 5.24. The Morgan fingerprint density at radius 1 is 1.32 bits per heavy atom. The highest BCUT2D eigenvalue weighted by molar-refractivity contribution is 5.85. The largest absolute Gasteiger partial charge is 0.481 e. The molecule has 4 atom stereocenters. The van der Waals surface area contributed by atoms with Gasteiger partial charge in [-0.05, 0) is 39.5 Å². The average molecular weight is 267 g/mol. The van der Waals surface area contributed by atoms with Gasteiger partial charge in [-0.25, -0.2) is 0 Å². The SMILES string of the molecule is CC1(C(=O)O)CCN(C(=O)C2(C)CC3CCC2O3)C1. The summed E-state index contributed by atoms with van der Waals surface area (Å²) in [7, 11) is 0. The molecule has 3 aliphatic rings. The molecule has 1 N–H and O–H groups in total. The average Bonchev–Trinajstić information content (AvgIpc) is 3.02. The van der Waals surface area contributed by atoms with E-state index in [2.05, 4.69) is 0 Å². The first kappa shape index (κ1) is 12.9. The highest BCUT2D eigenvalue weighted by atomic mass is 16.5. The second-order valence-corrected chi connectivity index (χ2v) is 6.79. The van der Waals surface area contributed by atoms with Crippen molar-refractivity contribution in [1.29, 1.82) is 0 Å². The lowest BCUT2D eigenvalue weighted by Crippen LogP contribution is -2.47. The van der Waals surface area contributed by atoms with Crippen LogP contribution in [-0.4, -0.2) is 47.2 Å². The maximum atomic E-state index is 12.7. The monoisotopic (exact) mass is 267 g/mol. The molecule has 3 fully saturated rings. The molecule has 0 aromatic rings. The topological polar surface area (TPSA) is 66.8 Å². The summed E-state index contributed by atoms with van der Waals surface area (Å²) in [5, 5.41) is 9.24. The molecular formula is C14H21NO4. The Balaban J connectivity index is 1.74. The molecule has 3 saturated heterocycles. The number of fused-ring (bicyclic) bond motifs is 2. The van der Waals surface area contributed by atoms with Crippen LogP contribution in [0.5, 0.6) is 0 Å². The predicted molar refractivity (Wildman–Crippen MR) is 67.6 cm³/mol. The lowest BCUT2D eigenvalue weighted by atomic mass is 9.74. The molecule has 5 nitrogen and oxygen atoms in total. The standard InChI is InChI=1S/C14H21NO4/c1-13(12(17)18)5-6-15(8-13)11(16)14(2)7-9-3-4-10(14)19-9/h9-10H,3-8H2,1-2H3,(H,17,18). The number of carbonyl (C=O) groups excluding carboxylic acids is 1. The molecule has 19 heavy (non-hydrogen) atoms. The second kappa shape index (κ2) is 3.95. The molecule has 2 bridgehead atoms. The molecule has 0 spiro atoms. The smallest absolute Gasteiger partial charge is 0.311 e. The van der Waals surface area contributed by atoms with Gasteiger partial charge >= 0.3 is 5.97 Å². The van der Waals surface area contributed by atoms with Crippen LogP contribution in [0.15, 0.2) is 0 Å². The molecule has 4 unspecified atom stereocenters. The first-order valence-corrected chi connectivity index (χ1v) is 7.03. The number of hydrogen-bond acceptors (Lipinski definition) is 3. The molecule has 106 valence electrons. The van der Waals surface area contributed by atoms with Gasteiger partial charge in [0.1, 0.15) is 0 Å². The van der Waals surface area contributed by atoms with Crippen LogP contribution in [0, 0.1) is 10.8 Å². The first-order chi connectivity index (χ1) is 8.85. The molecule has 0 aliphatic carbocycles. The molecule has 0 aromatic carbocycles. The Morgan fingerprint density at radius 2 is 2.05 bits per heavy atom. The van der Waals surface area contributed by atoms with Gasteiger partial charge in [0.15, 0.2) is 0 Å². The van der Waals surface area contributed by atoms with Gasteiger partial charge < -0.3 is 14.7 Å². The van der Waals surface area contributed by atoms with Crippen LogP contribution < -0.4 is 0 Å². The van der Waals surface area contributed by atoms with Crippen molar-refractivity contribution >= 4 is 11.9 Å². The zero-order chi connectivity index (χ0) is 13.8. The molecule has 3 aliphatic heterocycles. The Kier molecular flexibility index (Phi) is 2.68. The van der Waals surface area contributed by atoms with E-state index in [9.17, 15) is 14.7 Å². The van der Waals surface area contributed by atoms with Gasteiger partial charge in [0.2, 0.25) is 5.91 Å². The number of nitrogens with zero attached hydrogens (tertiary/aromatic N) is 1. The van der Waals surface area contributed by atoms with Gasteiger partial charge in [-0.1, -0.05) is 0 Å². The van der Waals surface area contributed by atoms with E-state index in [-0.39, 0.29) is 18.1 Å². The van der Waals surface area contributed by atoms with Crippen LogP contribution in [0.1, 0.15) is 39.5 Å². The van der Waals surface area contributed by atoms with E-state index in [1.807, 2.05) is 6.92 Å². The van der Waals surface area contributed by atoms with Crippen molar-refractivity contribution in [3.05, 3.63) is 0 Å². The summed E-state index contributed by atoms with van der Waals surface area (Å²) in [6.07, 6.45) is 3.60. The number of likely N-dealkylation sites (tertiary alicyclic amines) is 1. The molecule has 3 heterocycles. The van der Waals surface area contributed by atoms with Crippen LogP contribution in [0.3, 0.4) is 0 Å². The number of carboxylic acid groups (broad SMARTS) is 1. The molecule has 0 aromatic heterocycles. The highest BCUT2D eigenvalue weighted by Crippen LogP contribution is 2.49. The van der Waals surface area contributed by atoms with E-state index in [4.69, 9.17) is 4.74 Å². The Hall–Kier alpha value is -1.10. The summed E-state index contributed by atoms with van der Waals surface area (Å²) >= 11 is 0. The number of carboxylic acids is 1. The van der Waals surface area contributed by atoms with E-state index in [0.29, 0.717) is 19.5 Å². The van der Waals surface area contributed by atoms with E-state index in [0.717, 1.165) is 19.3 Å². The number of rotatable bonds is 2. The molecule has 1 amide bonds. The molecule has 0 radical (unpaired) electrons. The summed E-state index contributed by atoms with van der Waals surface area (Å²) in [6, 6.07) is 0. The van der Waals surface area contributed by atoms with Gasteiger partial charge in [0.25, 0.3) is 0 Å². The predicted octanol–water partition coefficient (Wildman–Crippen LogP) is 1.27. The van der Waals surface area contributed by atoms with E-state index in [1.54, 1.807) is 11.8 Å². The molecular weight excluding hydrogens is 246 g/mol. The van der Waals surface area contributed by atoms with Crippen molar-refractivity contribution in [1.82, 2.24) is 4.90 Å². The van der Waals surface area contributed by atoms with Crippen molar-refractivity contribution in [2.24, 2.45) is 10.8 Å². The zero-order valence-corrected chi connectivity index (χ0v) is 11.5. The van der Waals surface area contributed by atoms with Crippen LogP contribution in [-0.2, 0) is 14.3 Å². The Morgan fingerprint density at radius 3 is 2.53 bits per heavy atom. The normalized spacial score (nSPS) is 44.8. The highest BCUT2D eigenvalue weighted by Gasteiger charge is 2.56. The van der Waals surface area contributed by atoms with Crippen molar-refractivity contribution < 1.29 is 19.4 Å². The van der Waals surface area contributed by atoms with Gasteiger partial charge in [0.05, 0.1) is 23.0 Å². The van der Waals surface area contributed by atoms with Gasteiger partial charge in [-0.15, -0.1) is 0 Å². The van der Waals surface area contributed by atoms with Crippen molar-refractivity contribution in [2.45, 2.75) is 51.7 Å².